The fourth-order valence-corrected chi connectivity index (χ4v) is 4.52. The number of hydrogen-bond donors (Lipinski definition) is 1. The summed E-state index contributed by atoms with van der Waals surface area (Å²) in [7, 11) is 0. The summed E-state index contributed by atoms with van der Waals surface area (Å²) in [6.07, 6.45) is 7.22. The fraction of sp³-hybridized carbons (Fsp3) is 0.786. The van der Waals surface area contributed by atoms with Crippen LogP contribution in [0.2, 0.25) is 0 Å². The lowest BCUT2D eigenvalue weighted by atomic mass is 10.2. The van der Waals surface area contributed by atoms with Gasteiger partial charge in [-0.1, -0.05) is 35.9 Å². The van der Waals surface area contributed by atoms with Gasteiger partial charge in [0.2, 0.25) is 11.0 Å². The van der Waals surface area contributed by atoms with Crippen molar-refractivity contribution in [3.05, 3.63) is 0 Å². The summed E-state index contributed by atoms with van der Waals surface area (Å²) in [5.41, 5.74) is 0. The number of nitrogens with zero attached hydrogens (tertiary/aromatic N) is 3. The van der Waals surface area contributed by atoms with Crippen molar-refractivity contribution in [1.82, 2.24) is 15.1 Å². The number of carbonyl (C=O) groups is 1. The number of carbonyl (C=O) groups excluding carboxylic acids is 1. The molecular weight excluding hydrogens is 304 g/mol. The fourth-order valence-electron chi connectivity index (χ4n) is 2.47. The van der Waals surface area contributed by atoms with E-state index in [0.717, 1.165) is 35.4 Å². The molecule has 0 radical (unpaired) electrons. The van der Waals surface area contributed by atoms with E-state index in [2.05, 4.69) is 15.5 Å². The summed E-state index contributed by atoms with van der Waals surface area (Å²) < 4.78 is 0.883. The molecule has 1 aliphatic heterocycles. The lowest BCUT2D eigenvalue weighted by Gasteiger charge is -2.23. The van der Waals surface area contributed by atoms with Crippen LogP contribution in [0.25, 0.3) is 0 Å². The summed E-state index contributed by atoms with van der Waals surface area (Å²) >= 11 is 3.09. The van der Waals surface area contributed by atoms with Crippen LogP contribution < -0.4 is 5.32 Å². The van der Waals surface area contributed by atoms with E-state index in [1.54, 1.807) is 11.3 Å². The molecule has 7 heteroatoms. The Morgan fingerprint density at radius 2 is 2.00 bits per heavy atom. The monoisotopic (exact) mass is 326 g/mol. The van der Waals surface area contributed by atoms with Gasteiger partial charge in [0.05, 0.1) is 5.25 Å². The minimum Gasteiger partial charge on any atom is -0.357 e. The topological polar surface area (TPSA) is 58.1 Å². The van der Waals surface area contributed by atoms with Gasteiger partial charge in [-0.15, -0.1) is 10.2 Å². The molecule has 1 aromatic rings. The first-order chi connectivity index (χ1) is 10.2. The predicted octanol–water partition coefficient (Wildman–Crippen LogP) is 3.00. The van der Waals surface area contributed by atoms with Gasteiger partial charge in [-0.05, 0) is 32.6 Å². The summed E-state index contributed by atoms with van der Waals surface area (Å²) in [5.74, 6) is 0.244. The molecule has 116 valence electrons. The van der Waals surface area contributed by atoms with Crippen molar-refractivity contribution in [3.8, 4) is 0 Å². The number of amides is 1. The Hall–Kier alpha value is -0.820. The summed E-state index contributed by atoms with van der Waals surface area (Å²) in [6.45, 7) is 3.80. The molecule has 1 atom stereocenters. The molecule has 1 unspecified atom stereocenters. The number of anilines is 1. The second-order valence-corrected chi connectivity index (χ2v) is 8.36. The smallest absolute Gasteiger partial charge is 0.235 e. The van der Waals surface area contributed by atoms with Crippen molar-refractivity contribution >= 4 is 34.1 Å². The SMILES string of the molecule is CC(Sc1nnc(NC2CC2)s1)C(=O)N1CCCCCC1. The van der Waals surface area contributed by atoms with E-state index in [4.69, 9.17) is 0 Å². The van der Waals surface area contributed by atoms with Crippen LogP contribution in [0, 0.1) is 0 Å². The lowest BCUT2D eigenvalue weighted by molar-refractivity contribution is -0.130. The number of nitrogens with one attached hydrogen (secondary N) is 1. The van der Waals surface area contributed by atoms with E-state index in [0.29, 0.717) is 6.04 Å². The molecule has 5 nitrogen and oxygen atoms in total. The van der Waals surface area contributed by atoms with Crippen LogP contribution in [0.5, 0.6) is 0 Å². The predicted molar refractivity (Wildman–Crippen MR) is 86.9 cm³/mol. The maximum absolute atomic E-state index is 12.5. The third kappa shape index (κ3) is 4.32. The first kappa shape index (κ1) is 15.1. The van der Waals surface area contributed by atoms with Gasteiger partial charge in [0, 0.05) is 19.1 Å². The lowest BCUT2D eigenvalue weighted by Crippen LogP contribution is -2.37. The third-order valence-electron chi connectivity index (χ3n) is 3.85. The molecule has 1 aromatic heterocycles. The molecule has 1 N–H and O–H groups in total. The van der Waals surface area contributed by atoms with Crippen LogP contribution in [0.1, 0.15) is 45.4 Å². The molecule has 2 aliphatic rings. The quantitative estimate of drug-likeness (QED) is 0.843. The number of hydrogen-bond acceptors (Lipinski definition) is 6. The summed E-state index contributed by atoms with van der Waals surface area (Å²) in [5, 5.41) is 12.5. The van der Waals surface area contributed by atoms with Gasteiger partial charge in [-0.3, -0.25) is 4.79 Å². The van der Waals surface area contributed by atoms with Crippen molar-refractivity contribution in [2.45, 2.75) is 61.1 Å². The van der Waals surface area contributed by atoms with Crippen molar-refractivity contribution < 1.29 is 4.79 Å². The Kier molecular flexibility index (Phi) is 5.00. The van der Waals surface area contributed by atoms with Gasteiger partial charge >= 0.3 is 0 Å². The highest BCUT2D eigenvalue weighted by atomic mass is 32.2. The van der Waals surface area contributed by atoms with E-state index in [-0.39, 0.29) is 11.2 Å². The van der Waals surface area contributed by atoms with Crippen molar-refractivity contribution in [3.63, 3.8) is 0 Å². The van der Waals surface area contributed by atoms with Gasteiger partial charge in [-0.25, -0.2) is 0 Å². The first-order valence-electron chi connectivity index (χ1n) is 7.78. The van der Waals surface area contributed by atoms with Crippen LogP contribution in [-0.4, -0.2) is 45.4 Å². The molecule has 1 saturated carbocycles. The Balaban J connectivity index is 1.52. The minimum atomic E-state index is -0.0789. The zero-order valence-corrected chi connectivity index (χ0v) is 14.0. The van der Waals surface area contributed by atoms with E-state index >= 15 is 0 Å². The summed E-state index contributed by atoms with van der Waals surface area (Å²) in [6, 6.07) is 0.590. The number of aromatic nitrogens is 2. The Morgan fingerprint density at radius 1 is 1.29 bits per heavy atom. The second kappa shape index (κ2) is 6.96. The van der Waals surface area contributed by atoms with Crippen molar-refractivity contribution in [2.75, 3.05) is 18.4 Å². The molecule has 0 aromatic carbocycles. The van der Waals surface area contributed by atoms with Gasteiger partial charge in [0.1, 0.15) is 0 Å². The average Bonchev–Trinajstić information content (AvgIpc) is 3.23. The molecule has 21 heavy (non-hydrogen) atoms. The van der Waals surface area contributed by atoms with Gasteiger partial charge in [0.25, 0.3) is 0 Å². The molecule has 1 saturated heterocycles. The molecule has 1 amide bonds. The Labute approximate surface area is 133 Å². The van der Waals surface area contributed by atoms with Gasteiger partial charge < -0.3 is 10.2 Å². The maximum Gasteiger partial charge on any atom is 0.235 e. The normalized spacial score (nSPS) is 20.9. The minimum absolute atomic E-state index is 0.0789. The molecule has 0 bridgehead atoms. The van der Waals surface area contributed by atoms with E-state index in [9.17, 15) is 4.79 Å². The maximum atomic E-state index is 12.5. The average molecular weight is 326 g/mol. The standard InChI is InChI=1S/C14H22N4OS2/c1-10(12(19)18-8-4-2-3-5-9-18)20-14-17-16-13(21-14)15-11-6-7-11/h10-11H,2-9H2,1H3,(H,15,16). The molecule has 2 fully saturated rings. The highest BCUT2D eigenvalue weighted by Crippen LogP contribution is 2.32. The number of likely N-dealkylation sites (tertiary alicyclic amines) is 1. The van der Waals surface area contributed by atoms with Crippen LogP contribution >= 0.6 is 23.1 Å². The largest absolute Gasteiger partial charge is 0.357 e. The molecule has 0 spiro atoms. The number of rotatable bonds is 5. The van der Waals surface area contributed by atoms with Gasteiger partial charge in [-0.2, -0.15) is 0 Å². The first-order valence-corrected chi connectivity index (χ1v) is 9.47. The Bertz CT molecular complexity index is 481. The second-order valence-electron chi connectivity index (χ2n) is 5.79. The van der Waals surface area contributed by atoms with Crippen LogP contribution in [-0.2, 0) is 4.79 Å². The molecule has 2 heterocycles. The Morgan fingerprint density at radius 3 is 2.67 bits per heavy atom. The molecule has 3 rings (SSSR count). The zero-order valence-electron chi connectivity index (χ0n) is 12.4. The highest BCUT2D eigenvalue weighted by Gasteiger charge is 2.25. The molecular formula is C14H22N4OS2. The highest BCUT2D eigenvalue weighted by molar-refractivity contribution is 8.02. The van der Waals surface area contributed by atoms with E-state index < -0.39 is 0 Å². The van der Waals surface area contributed by atoms with Crippen LogP contribution in [0.15, 0.2) is 4.34 Å². The molecule has 1 aliphatic carbocycles. The van der Waals surface area contributed by atoms with Crippen molar-refractivity contribution in [2.24, 2.45) is 0 Å². The third-order valence-corrected chi connectivity index (χ3v) is 5.88. The zero-order chi connectivity index (χ0) is 14.7. The summed E-state index contributed by atoms with van der Waals surface area (Å²) in [4.78, 5) is 14.5. The number of thioether (sulfide) groups is 1. The van der Waals surface area contributed by atoms with Crippen LogP contribution in [0.4, 0.5) is 5.13 Å². The van der Waals surface area contributed by atoms with Crippen LogP contribution in [0.3, 0.4) is 0 Å². The van der Waals surface area contributed by atoms with E-state index in [1.165, 1.54) is 37.4 Å². The van der Waals surface area contributed by atoms with E-state index in [1.807, 2.05) is 11.8 Å². The van der Waals surface area contributed by atoms with Crippen molar-refractivity contribution in [1.29, 1.82) is 0 Å². The van der Waals surface area contributed by atoms with Gasteiger partial charge in [0.15, 0.2) is 4.34 Å².